The zero-order chi connectivity index (χ0) is 30.1. The highest BCUT2D eigenvalue weighted by Crippen LogP contribution is 2.26. The van der Waals surface area contributed by atoms with Gasteiger partial charge in [-0.1, -0.05) is 38.1 Å². The smallest absolute Gasteiger partial charge is 0.335 e. The second kappa shape index (κ2) is 15.0. The molecule has 2 aliphatic rings. The van der Waals surface area contributed by atoms with Crippen molar-refractivity contribution in [3.05, 3.63) is 76.9 Å². The van der Waals surface area contributed by atoms with E-state index in [4.69, 9.17) is 9.84 Å². The maximum Gasteiger partial charge on any atom is 0.335 e. The van der Waals surface area contributed by atoms with Crippen LogP contribution in [0, 0.1) is 0 Å². The lowest BCUT2D eigenvalue weighted by molar-refractivity contribution is -0.121. The summed E-state index contributed by atoms with van der Waals surface area (Å²) in [6.07, 6.45) is 5.90. The highest BCUT2D eigenvalue weighted by Gasteiger charge is 2.37. The molecule has 1 saturated heterocycles. The Morgan fingerprint density at radius 2 is 1.57 bits per heavy atom. The number of amides is 2. The summed E-state index contributed by atoms with van der Waals surface area (Å²) >= 11 is 0. The first-order chi connectivity index (χ1) is 20.3. The van der Waals surface area contributed by atoms with Crippen LogP contribution in [0.15, 0.2) is 60.2 Å². The highest BCUT2D eigenvalue weighted by molar-refractivity contribution is 5.94. The van der Waals surface area contributed by atoms with Gasteiger partial charge in [0.25, 0.3) is 0 Å². The second-order valence-corrected chi connectivity index (χ2v) is 11.2. The number of rotatable bonds is 13. The Bertz CT molecular complexity index is 1230. The van der Waals surface area contributed by atoms with E-state index in [9.17, 15) is 14.4 Å². The standard InChI is InChI=1S/C33H44N4O5/c1-4-28(5-2)42-30-19-26(32(39)35-21-23-8-12-25(13-9-23)33(40)41)18-29(31(30)36-22(3)38)34-20-24-10-14-27(15-11-24)37-16-6-7-17-37/h8-15,19,28-31,34H,4-7,16-18,20-21H2,1-3H3,(H,35,39)(H,36,38)(H,40,41)/t29-,30+,31+/m0/s1. The van der Waals surface area contributed by atoms with E-state index < -0.39 is 12.1 Å². The fourth-order valence-electron chi connectivity index (χ4n) is 5.69. The average molecular weight is 577 g/mol. The molecule has 0 unspecified atom stereocenters. The van der Waals surface area contributed by atoms with E-state index in [2.05, 4.69) is 59.0 Å². The normalized spacial score (nSPS) is 20.3. The number of anilines is 1. The molecule has 1 heterocycles. The first-order valence-electron chi connectivity index (χ1n) is 15.1. The topological polar surface area (TPSA) is 120 Å². The van der Waals surface area contributed by atoms with Crippen molar-refractivity contribution in [2.45, 2.75) is 90.3 Å². The summed E-state index contributed by atoms with van der Waals surface area (Å²) in [4.78, 5) is 39.2. The number of nitrogens with zero attached hydrogens (tertiary/aromatic N) is 1. The van der Waals surface area contributed by atoms with E-state index >= 15 is 0 Å². The molecular weight excluding hydrogens is 532 g/mol. The maximum absolute atomic E-state index is 13.4. The maximum atomic E-state index is 13.4. The van der Waals surface area contributed by atoms with E-state index in [1.807, 2.05) is 6.08 Å². The lowest BCUT2D eigenvalue weighted by atomic mass is 9.86. The molecule has 226 valence electrons. The van der Waals surface area contributed by atoms with Crippen molar-refractivity contribution in [2.75, 3.05) is 18.0 Å². The minimum atomic E-state index is -0.990. The molecule has 4 N–H and O–H groups in total. The zero-order valence-corrected chi connectivity index (χ0v) is 24.9. The fourth-order valence-corrected chi connectivity index (χ4v) is 5.69. The second-order valence-electron chi connectivity index (χ2n) is 11.2. The van der Waals surface area contributed by atoms with Crippen LogP contribution in [0.25, 0.3) is 0 Å². The largest absolute Gasteiger partial charge is 0.478 e. The first-order valence-corrected chi connectivity index (χ1v) is 15.1. The van der Waals surface area contributed by atoms with Gasteiger partial charge in [-0.15, -0.1) is 0 Å². The molecule has 2 aromatic rings. The van der Waals surface area contributed by atoms with Crippen LogP contribution in [0.4, 0.5) is 5.69 Å². The van der Waals surface area contributed by atoms with E-state index in [1.165, 1.54) is 37.6 Å². The zero-order valence-electron chi connectivity index (χ0n) is 24.9. The van der Waals surface area contributed by atoms with E-state index in [0.717, 1.165) is 37.1 Å². The predicted molar refractivity (Wildman–Crippen MR) is 163 cm³/mol. The molecular formula is C33H44N4O5. The summed E-state index contributed by atoms with van der Waals surface area (Å²) in [6.45, 7) is 8.69. The molecule has 1 aliphatic heterocycles. The number of aromatic carboxylic acids is 1. The van der Waals surface area contributed by atoms with Crippen LogP contribution >= 0.6 is 0 Å². The van der Waals surface area contributed by atoms with Crippen molar-refractivity contribution in [3.8, 4) is 0 Å². The van der Waals surface area contributed by atoms with Crippen molar-refractivity contribution < 1.29 is 24.2 Å². The van der Waals surface area contributed by atoms with Gasteiger partial charge in [0.1, 0.15) is 0 Å². The highest BCUT2D eigenvalue weighted by atomic mass is 16.5. The summed E-state index contributed by atoms with van der Waals surface area (Å²) in [5.74, 6) is -1.35. The molecule has 9 nitrogen and oxygen atoms in total. The van der Waals surface area contributed by atoms with Gasteiger partial charge < -0.3 is 30.7 Å². The first kappa shape index (κ1) is 31.3. The Hall–Kier alpha value is -3.69. The Morgan fingerprint density at radius 3 is 2.17 bits per heavy atom. The molecule has 9 heteroatoms. The van der Waals surface area contributed by atoms with E-state index in [-0.39, 0.29) is 42.1 Å². The molecule has 4 rings (SSSR count). The van der Waals surface area contributed by atoms with Gasteiger partial charge in [0, 0.05) is 50.4 Å². The van der Waals surface area contributed by atoms with Crippen molar-refractivity contribution in [2.24, 2.45) is 0 Å². The number of hydrogen-bond donors (Lipinski definition) is 4. The Labute approximate surface area is 248 Å². The monoisotopic (exact) mass is 576 g/mol. The Balaban J connectivity index is 1.49. The summed E-state index contributed by atoms with van der Waals surface area (Å²) in [6, 6.07) is 14.5. The summed E-state index contributed by atoms with van der Waals surface area (Å²) < 4.78 is 6.46. The fraction of sp³-hybridized carbons (Fsp3) is 0.485. The minimum absolute atomic E-state index is 0.00329. The minimum Gasteiger partial charge on any atom is -0.478 e. The van der Waals surface area contributed by atoms with Crippen molar-refractivity contribution in [1.29, 1.82) is 0 Å². The van der Waals surface area contributed by atoms with Gasteiger partial charge in [-0.2, -0.15) is 0 Å². The Morgan fingerprint density at radius 1 is 0.952 bits per heavy atom. The van der Waals surface area contributed by atoms with Crippen LogP contribution in [0.5, 0.6) is 0 Å². The third kappa shape index (κ3) is 8.42. The summed E-state index contributed by atoms with van der Waals surface area (Å²) in [5.41, 5.74) is 3.96. The summed E-state index contributed by atoms with van der Waals surface area (Å²) in [7, 11) is 0. The SMILES string of the molecule is CCC(CC)O[C@@H]1C=C(C(=O)NCc2ccc(C(=O)O)cc2)C[C@H](NCc2ccc(N3CCCC3)cc2)[C@H]1NC(C)=O. The van der Waals surface area contributed by atoms with Gasteiger partial charge in [-0.25, -0.2) is 4.79 Å². The third-order valence-corrected chi connectivity index (χ3v) is 8.14. The van der Waals surface area contributed by atoms with Gasteiger partial charge in [0.2, 0.25) is 11.8 Å². The number of benzene rings is 2. The summed E-state index contributed by atoms with van der Waals surface area (Å²) in [5, 5.41) is 18.8. The molecule has 0 saturated carbocycles. The molecule has 0 spiro atoms. The average Bonchev–Trinajstić information content (AvgIpc) is 3.54. The van der Waals surface area contributed by atoms with E-state index in [0.29, 0.717) is 18.5 Å². The number of carboxylic acid groups (broad SMARTS) is 1. The molecule has 3 atom stereocenters. The Kier molecular flexibility index (Phi) is 11.1. The van der Waals surface area contributed by atoms with Gasteiger partial charge in [-0.05, 0) is 73.6 Å². The third-order valence-electron chi connectivity index (χ3n) is 8.14. The number of hydrogen-bond acceptors (Lipinski definition) is 6. The van der Waals surface area contributed by atoms with Gasteiger partial charge in [0.05, 0.1) is 23.8 Å². The lowest BCUT2D eigenvalue weighted by Crippen LogP contribution is -2.58. The molecule has 1 fully saturated rings. The van der Waals surface area contributed by atoms with E-state index in [1.54, 1.807) is 12.1 Å². The molecule has 0 aromatic heterocycles. The number of carboxylic acids is 1. The van der Waals surface area contributed by atoms with Crippen LogP contribution in [-0.4, -0.2) is 60.3 Å². The molecule has 2 amide bonds. The number of carbonyl (C=O) groups is 3. The number of ether oxygens (including phenoxy) is 1. The van der Waals surface area contributed by atoms with Crippen LogP contribution in [0.1, 0.15) is 74.4 Å². The van der Waals surface area contributed by atoms with Crippen LogP contribution in [-0.2, 0) is 27.4 Å². The molecule has 0 bridgehead atoms. The molecule has 0 radical (unpaired) electrons. The van der Waals surface area contributed by atoms with Crippen LogP contribution in [0.3, 0.4) is 0 Å². The van der Waals surface area contributed by atoms with Gasteiger partial charge in [-0.3, -0.25) is 9.59 Å². The molecule has 1 aliphatic carbocycles. The van der Waals surface area contributed by atoms with Crippen LogP contribution in [0.2, 0.25) is 0 Å². The number of nitrogens with one attached hydrogen (secondary N) is 3. The van der Waals surface area contributed by atoms with Gasteiger partial charge in [0.15, 0.2) is 0 Å². The van der Waals surface area contributed by atoms with Crippen LogP contribution < -0.4 is 20.9 Å². The number of carbonyl (C=O) groups excluding carboxylic acids is 2. The lowest BCUT2D eigenvalue weighted by Gasteiger charge is -2.39. The predicted octanol–water partition coefficient (Wildman–Crippen LogP) is 4.17. The van der Waals surface area contributed by atoms with Crippen molar-refractivity contribution in [1.82, 2.24) is 16.0 Å². The van der Waals surface area contributed by atoms with Gasteiger partial charge >= 0.3 is 5.97 Å². The van der Waals surface area contributed by atoms with Crippen molar-refractivity contribution >= 4 is 23.5 Å². The quantitative estimate of drug-likeness (QED) is 0.283. The molecule has 42 heavy (non-hydrogen) atoms. The molecule has 2 aromatic carbocycles. The van der Waals surface area contributed by atoms with Crippen molar-refractivity contribution in [3.63, 3.8) is 0 Å².